The number of hydrogen-bond donors (Lipinski definition) is 0. The monoisotopic (exact) mass is 255 g/mol. The predicted molar refractivity (Wildman–Crippen MR) is 79.0 cm³/mol. The maximum Gasteiger partial charge on any atom is 0.0395 e. The van der Waals surface area contributed by atoms with Gasteiger partial charge in [0.2, 0.25) is 0 Å². The van der Waals surface area contributed by atoms with Gasteiger partial charge in [-0.05, 0) is 35.3 Å². The van der Waals surface area contributed by atoms with E-state index in [1.54, 1.807) is 16.7 Å². The topological polar surface area (TPSA) is 3.24 Å². The van der Waals surface area contributed by atoms with Crippen molar-refractivity contribution in [2.45, 2.75) is 17.9 Å². The van der Waals surface area contributed by atoms with Crippen LogP contribution in [-0.4, -0.2) is 13.1 Å². The Kier molecular flexibility index (Phi) is 2.51. The molecule has 2 heteroatoms. The molecule has 1 aliphatic carbocycles. The van der Waals surface area contributed by atoms with E-state index in [1.807, 2.05) is 11.8 Å². The smallest absolute Gasteiger partial charge is 0.0395 e. The number of fused-ring (bicyclic) bond motifs is 2. The van der Waals surface area contributed by atoms with E-state index in [0.717, 1.165) is 12.5 Å². The van der Waals surface area contributed by atoms with E-state index in [9.17, 15) is 0 Å². The highest BCUT2D eigenvalue weighted by Gasteiger charge is 2.28. The molecule has 1 aromatic carbocycles. The average molecular weight is 255 g/mol. The number of rotatable bonds is 1. The summed E-state index contributed by atoms with van der Waals surface area (Å²) in [5, 5.41) is 0. The van der Waals surface area contributed by atoms with Crippen LogP contribution in [0, 0.1) is 5.92 Å². The largest absolute Gasteiger partial charge is 0.367 e. The van der Waals surface area contributed by atoms with E-state index in [0.29, 0.717) is 0 Å². The third-order valence-corrected chi connectivity index (χ3v) is 5.31. The van der Waals surface area contributed by atoms with Crippen LogP contribution in [0.5, 0.6) is 0 Å². The molecule has 1 aromatic rings. The summed E-state index contributed by atoms with van der Waals surface area (Å²) in [4.78, 5) is 2.55. The summed E-state index contributed by atoms with van der Waals surface area (Å²) in [5.74, 6) is 3.16. The lowest BCUT2D eigenvalue weighted by Crippen LogP contribution is -2.19. The van der Waals surface area contributed by atoms with Gasteiger partial charge < -0.3 is 4.90 Å². The Morgan fingerprint density at radius 2 is 2.11 bits per heavy atom. The molecule has 2 heterocycles. The summed E-state index contributed by atoms with van der Waals surface area (Å²) in [5.41, 5.74) is 6.14. The number of anilines is 1. The third-order valence-electron chi connectivity index (χ3n) is 4.28. The third kappa shape index (κ3) is 1.71. The molecule has 4 rings (SSSR count). The van der Waals surface area contributed by atoms with Crippen molar-refractivity contribution in [1.82, 2.24) is 0 Å². The molecular weight excluding hydrogens is 238 g/mol. The van der Waals surface area contributed by atoms with Gasteiger partial charge in [0.25, 0.3) is 0 Å². The first-order chi connectivity index (χ1) is 8.90. The van der Waals surface area contributed by atoms with Crippen LogP contribution in [0.2, 0.25) is 0 Å². The highest BCUT2D eigenvalue weighted by molar-refractivity contribution is 7.98. The van der Waals surface area contributed by atoms with Crippen LogP contribution in [0.1, 0.15) is 17.5 Å². The molecule has 0 spiro atoms. The molecule has 92 valence electrons. The Bertz CT molecular complexity index is 544. The van der Waals surface area contributed by atoms with Crippen molar-refractivity contribution in [3.63, 3.8) is 0 Å². The molecule has 1 saturated heterocycles. The van der Waals surface area contributed by atoms with Crippen LogP contribution < -0.4 is 4.90 Å². The number of benzene rings is 1. The lowest BCUT2D eigenvalue weighted by atomic mass is 9.95. The van der Waals surface area contributed by atoms with Gasteiger partial charge in [-0.1, -0.05) is 24.3 Å². The fraction of sp³-hybridized carbons (Fsp3) is 0.375. The number of nitrogens with zero attached hydrogens (tertiary/aromatic N) is 1. The van der Waals surface area contributed by atoms with Gasteiger partial charge in [0.15, 0.2) is 0 Å². The van der Waals surface area contributed by atoms with Gasteiger partial charge in [0, 0.05) is 36.2 Å². The van der Waals surface area contributed by atoms with Crippen molar-refractivity contribution in [3.05, 3.63) is 53.1 Å². The summed E-state index contributed by atoms with van der Waals surface area (Å²) >= 11 is 2.03. The quantitative estimate of drug-likeness (QED) is 0.752. The van der Waals surface area contributed by atoms with Crippen LogP contribution >= 0.6 is 11.8 Å². The highest BCUT2D eigenvalue weighted by Crippen LogP contribution is 2.36. The number of allylic oxidation sites excluding steroid dienone is 3. The zero-order valence-corrected chi connectivity index (χ0v) is 11.2. The minimum absolute atomic E-state index is 0.762. The molecule has 0 N–H and O–H groups in total. The Morgan fingerprint density at radius 1 is 1.17 bits per heavy atom. The predicted octanol–water partition coefficient (Wildman–Crippen LogP) is 3.76. The SMILES string of the molecule is C1=CCC2CN(c3ccc4c(c3)CSC4)CC2=C1. The van der Waals surface area contributed by atoms with Gasteiger partial charge in [-0.25, -0.2) is 0 Å². The summed E-state index contributed by atoms with van der Waals surface area (Å²) in [7, 11) is 0. The fourth-order valence-electron chi connectivity index (χ4n) is 3.20. The second-order valence-electron chi connectivity index (χ2n) is 5.43. The molecule has 1 unspecified atom stereocenters. The molecule has 0 amide bonds. The van der Waals surface area contributed by atoms with E-state index in [1.165, 1.54) is 30.2 Å². The van der Waals surface area contributed by atoms with Crippen molar-refractivity contribution in [2.24, 2.45) is 5.92 Å². The normalized spacial score (nSPS) is 25.0. The van der Waals surface area contributed by atoms with E-state index >= 15 is 0 Å². The van der Waals surface area contributed by atoms with Crippen LogP contribution in [0.4, 0.5) is 5.69 Å². The molecule has 18 heavy (non-hydrogen) atoms. The Labute approximate surface area is 113 Å². The van der Waals surface area contributed by atoms with E-state index in [-0.39, 0.29) is 0 Å². The van der Waals surface area contributed by atoms with Crippen molar-refractivity contribution in [1.29, 1.82) is 0 Å². The molecule has 0 saturated carbocycles. The van der Waals surface area contributed by atoms with Crippen LogP contribution in [0.15, 0.2) is 42.0 Å². The standard InChI is InChI=1S/C16H17NS/c1-2-4-13-9-17(8-12(13)3-1)16-6-5-14-10-18-11-15(14)7-16/h1-3,5-7,13H,4,8-11H2. The second-order valence-corrected chi connectivity index (χ2v) is 6.41. The Morgan fingerprint density at radius 3 is 3.06 bits per heavy atom. The van der Waals surface area contributed by atoms with Crippen molar-refractivity contribution >= 4 is 17.4 Å². The summed E-state index contributed by atoms with van der Waals surface area (Å²) < 4.78 is 0. The highest BCUT2D eigenvalue weighted by atomic mass is 32.2. The zero-order chi connectivity index (χ0) is 11.9. The maximum absolute atomic E-state index is 2.55. The first-order valence-corrected chi connectivity index (χ1v) is 7.86. The lowest BCUT2D eigenvalue weighted by Gasteiger charge is -2.19. The summed E-state index contributed by atoms with van der Waals surface area (Å²) in [6.07, 6.45) is 8.06. The van der Waals surface area contributed by atoms with Crippen molar-refractivity contribution in [3.8, 4) is 0 Å². The molecule has 3 aliphatic rings. The first-order valence-electron chi connectivity index (χ1n) is 6.70. The second kappa shape index (κ2) is 4.20. The molecule has 1 atom stereocenters. The molecule has 0 aromatic heterocycles. The van der Waals surface area contributed by atoms with Crippen LogP contribution in [0.3, 0.4) is 0 Å². The average Bonchev–Trinajstić information content (AvgIpc) is 3.04. The van der Waals surface area contributed by atoms with Gasteiger partial charge >= 0.3 is 0 Å². The van der Waals surface area contributed by atoms with Crippen LogP contribution in [-0.2, 0) is 11.5 Å². The fourth-order valence-corrected chi connectivity index (χ4v) is 4.29. The summed E-state index contributed by atoms with van der Waals surface area (Å²) in [6.45, 7) is 2.32. The Balaban J connectivity index is 1.61. The van der Waals surface area contributed by atoms with Crippen molar-refractivity contribution < 1.29 is 0 Å². The number of hydrogen-bond acceptors (Lipinski definition) is 2. The van der Waals surface area contributed by atoms with Gasteiger partial charge in [-0.3, -0.25) is 0 Å². The minimum atomic E-state index is 0.762. The maximum atomic E-state index is 2.55. The van der Waals surface area contributed by atoms with E-state index in [4.69, 9.17) is 0 Å². The zero-order valence-electron chi connectivity index (χ0n) is 10.4. The minimum Gasteiger partial charge on any atom is -0.367 e. The first kappa shape index (κ1) is 10.7. The summed E-state index contributed by atoms with van der Waals surface area (Å²) in [6, 6.07) is 7.07. The van der Waals surface area contributed by atoms with E-state index < -0.39 is 0 Å². The molecular formula is C16H17NS. The van der Waals surface area contributed by atoms with Gasteiger partial charge in [-0.15, -0.1) is 0 Å². The number of thioether (sulfide) groups is 1. The molecule has 1 fully saturated rings. The van der Waals surface area contributed by atoms with Crippen LogP contribution in [0.25, 0.3) is 0 Å². The van der Waals surface area contributed by atoms with Crippen molar-refractivity contribution in [2.75, 3.05) is 18.0 Å². The molecule has 1 nitrogen and oxygen atoms in total. The van der Waals surface area contributed by atoms with Gasteiger partial charge in [0.05, 0.1) is 0 Å². The molecule has 0 radical (unpaired) electrons. The van der Waals surface area contributed by atoms with E-state index in [2.05, 4.69) is 41.3 Å². The Hall–Kier alpha value is -1.15. The van der Waals surface area contributed by atoms with Gasteiger partial charge in [-0.2, -0.15) is 11.8 Å². The lowest BCUT2D eigenvalue weighted by molar-refractivity contribution is 0.683. The molecule has 2 aliphatic heterocycles. The van der Waals surface area contributed by atoms with Gasteiger partial charge in [0.1, 0.15) is 0 Å². The molecule has 0 bridgehead atoms.